The molecule has 0 radical (unpaired) electrons. The van der Waals surface area contributed by atoms with Crippen LogP contribution in [0.2, 0.25) is 0 Å². The van der Waals surface area contributed by atoms with Gasteiger partial charge in [-0.25, -0.2) is 0 Å². The van der Waals surface area contributed by atoms with Gasteiger partial charge < -0.3 is 5.32 Å². The molecule has 1 heterocycles. The van der Waals surface area contributed by atoms with Crippen LogP contribution in [0, 0.1) is 17.2 Å². The van der Waals surface area contributed by atoms with Crippen LogP contribution in [0.15, 0.2) is 0 Å². The molecule has 1 fully saturated rings. The van der Waals surface area contributed by atoms with E-state index in [1.807, 2.05) is 0 Å². The summed E-state index contributed by atoms with van der Waals surface area (Å²) in [7, 11) is 0. The molecule has 0 saturated carbocycles. The third-order valence-corrected chi connectivity index (χ3v) is 1.78. The highest BCUT2D eigenvalue weighted by Gasteiger charge is 2.10. The molecule has 0 bridgehead atoms. The van der Waals surface area contributed by atoms with Crippen LogP contribution >= 0.6 is 12.4 Å². The van der Waals surface area contributed by atoms with Crippen molar-refractivity contribution in [2.75, 3.05) is 13.1 Å². The summed E-state index contributed by atoms with van der Waals surface area (Å²) in [6.07, 6.45) is 3.21. The summed E-state index contributed by atoms with van der Waals surface area (Å²) < 4.78 is 0. The molecule has 1 aliphatic heterocycles. The highest BCUT2D eigenvalue weighted by atomic mass is 35.5. The molecule has 3 heteroatoms. The lowest BCUT2D eigenvalue weighted by molar-refractivity contribution is 0.383. The monoisotopic (exact) mass is 160 g/mol. The molecule has 1 rings (SSSR count). The van der Waals surface area contributed by atoms with E-state index in [1.165, 1.54) is 12.8 Å². The smallest absolute Gasteiger partial charge is 0.0625 e. The molecule has 0 amide bonds. The van der Waals surface area contributed by atoms with E-state index in [0.717, 1.165) is 19.5 Å². The van der Waals surface area contributed by atoms with Crippen LogP contribution in [0.5, 0.6) is 0 Å². The molecule has 1 aliphatic rings. The second kappa shape index (κ2) is 5.52. The van der Waals surface area contributed by atoms with Gasteiger partial charge in [-0.15, -0.1) is 12.4 Å². The first kappa shape index (κ1) is 9.74. The molecule has 0 aromatic heterocycles. The maximum atomic E-state index is 8.34. The standard InChI is InChI=1S/C7H12N2.ClH/c8-4-3-7-2-1-5-9-6-7;/h7,9H,1-3,5-6H2;1H/t7-;/m0./s1. The number of hydrogen-bond acceptors (Lipinski definition) is 2. The summed E-state index contributed by atoms with van der Waals surface area (Å²) in [5, 5.41) is 11.6. The third kappa shape index (κ3) is 3.05. The lowest BCUT2D eigenvalue weighted by Gasteiger charge is -2.19. The lowest BCUT2D eigenvalue weighted by atomic mass is 9.97. The summed E-state index contributed by atoms with van der Waals surface area (Å²) >= 11 is 0. The van der Waals surface area contributed by atoms with E-state index in [1.54, 1.807) is 0 Å². The van der Waals surface area contributed by atoms with Crippen molar-refractivity contribution in [2.45, 2.75) is 19.3 Å². The maximum Gasteiger partial charge on any atom is 0.0625 e. The van der Waals surface area contributed by atoms with E-state index < -0.39 is 0 Å². The van der Waals surface area contributed by atoms with Crippen LogP contribution < -0.4 is 5.32 Å². The largest absolute Gasteiger partial charge is 0.316 e. The third-order valence-electron chi connectivity index (χ3n) is 1.78. The normalized spacial score (nSPS) is 24.5. The fourth-order valence-electron chi connectivity index (χ4n) is 1.23. The minimum atomic E-state index is 0. The Hall–Kier alpha value is -0.260. The molecule has 10 heavy (non-hydrogen) atoms. The Balaban J connectivity index is 0.000000810. The van der Waals surface area contributed by atoms with Gasteiger partial charge in [0, 0.05) is 6.42 Å². The predicted molar refractivity (Wildman–Crippen MR) is 43.1 cm³/mol. The summed E-state index contributed by atoms with van der Waals surface area (Å²) in [6.45, 7) is 2.19. The van der Waals surface area contributed by atoms with Crippen LogP contribution in [-0.4, -0.2) is 13.1 Å². The molecular weight excluding hydrogens is 148 g/mol. The number of halogens is 1. The van der Waals surface area contributed by atoms with Gasteiger partial charge in [0.25, 0.3) is 0 Å². The molecule has 2 nitrogen and oxygen atoms in total. The van der Waals surface area contributed by atoms with Gasteiger partial charge in [-0.3, -0.25) is 0 Å². The van der Waals surface area contributed by atoms with Gasteiger partial charge in [-0.1, -0.05) is 0 Å². The summed E-state index contributed by atoms with van der Waals surface area (Å²) in [5.41, 5.74) is 0. The van der Waals surface area contributed by atoms with E-state index in [2.05, 4.69) is 11.4 Å². The van der Waals surface area contributed by atoms with Crippen molar-refractivity contribution in [3.8, 4) is 6.07 Å². The number of piperidine rings is 1. The van der Waals surface area contributed by atoms with Crippen LogP contribution in [-0.2, 0) is 0 Å². The highest BCUT2D eigenvalue weighted by Crippen LogP contribution is 2.12. The van der Waals surface area contributed by atoms with Gasteiger partial charge in [0.2, 0.25) is 0 Å². The van der Waals surface area contributed by atoms with Crippen molar-refractivity contribution in [3.05, 3.63) is 0 Å². The number of nitrogens with one attached hydrogen (secondary N) is 1. The van der Waals surface area contributed by atoms with E-state index in [-0.39, 0.29) is 12.4 Å². The van der Waals surface area contributed by atoms with Crippen molar-refractivity contribution in [3.63, 3.8) is 0 Å². The molecule has 0 aromatic rings. The Morgan fingerprint density at radius 1 is 1.60 bits per heavy atom. The zero-order chi connectivity index (χ0) is 6.53. The zero-order valence-electron chi connectivity index (χ0n) is 5.97. The molecular formula is C7H13ClN2. The number of rotatable bonds is 1. The Bertz CT molecular complexity index is 113. The highest BCUT2D eigenvalue weighted by molar-refractivity contribution is 5.85. The van der Waals surface area contributed by atoms with Gasteiger partial charge in [0.15, 0.2) is 0 Å². The van der Waals surface area contributed by atoms with Crippen LogP contribution in [0.3, 0.4) is 0 Å². The minimum Gasteiger partial charge on any atom is -0.316 e. The van der Waals surface area contributed by atoms with Crippen molar-refractivity contribution in [1.82, 2.24) is 5.32 Å². The SMILES string of the molecule is Cl.N#CC[C@@H]1CCCNC1. The van der Waals surface area contributed by atoms with Crippen molar-refractivity contribution in [2.24, 2.45) is 5.92 Å². The number of nitrogens with zero attached hydrogens (tertiary/aromatic N) is 1. The average Bonchev–Trinajstić information content (AvgIpc) is 1.91. The lowest BCUT2D eigenvalue weighted by Crippen LogP contribution is -2.29. The summed E-state index contributed by atoms with van der Waals surface area (Å²) in [6, 6.07) is 2.20. The Kier molecular flexibility index (Phi) is 5.38. The van der Waals surface area contributed by atoms with Crippen molar-refractivity contribution >= 4 is 12.4 Å². The topological polar surface area (TPSA) is 35.8 Å². The molecule has 0 unspecified atom stereocenters. The first-order chi connectivity index (χ1) is 4.43. The van der Waals surface area contributed by atoms with Crippen LogP contribution in [0.25, 0.3) is 0 Å². The molecule has 1 saturated heterocycles. The van der Waals surface area contributed by atoms with Crippen LogP contribution in [0.4, 0.5) is 0 Å². The Labute approximate surface area is 68.0 Å². The van der Waals surface area contributed by atoms with Crippen LogP contribution in [0.1, 0.15) is 19.3 Å². The fourth-order valence-corrected chi connectivity index (χ4v) is 1.23. The van der Waals surface area contributed by atoms with E-state index in [9.17, 15) is 0 Å². The Morgan fingerprint density at radius 2 is 2.40 bits per heavy atom. The first-order valence-corrected chi connectivity index (χ1v) is 3.51. The maximum absolute atomic E-state index is 8.34. The molecule has 1 atom stereocenters. The van der Waals surface area contributed by atoms with Gasteiger partial charge in [-0.2, -0.15) is 5.26 Å². The summed E-state index contributed by atoms with van der Waals surface area (Å²) in [5.74, 6) is 0.628. The van der Waals surface area contributed by atoms with Crippen molar-refractivity contribution in [1.29, 1.82) is 5.26 Å². The zero-order valence-corrected chi connectivity index (χ0v) is 6.78. The molecule has 1 N–H and O–H groups in total. The molecule has 0 aliphatic carbocycles. The second-order valence-electron chi connectivity index (χ2n) is 2.57. The minimum absolute atomic E-state index is 0. The van der Waals surface area contributed by atoms with Gasteiger partial charge in [0.1, 0.15) is 0 Å². The van der Waals surface area contributed by atoms with E-state index in [4.69, 9.17) is 5.26 Å². The van der Waals surface area contributed by atoms with Gasteiger partial charge >= 0.3 is 0 Å². The molecule has 58 valence electrons. The van der Waals surface area contributed by atoms with Crippen molar-refractivity contribution < 1.29 is 0 Å². The Morgan fingerprint density at radius 3 is 2.90 bits per heavy atom. The number of hydrogen-bond donors (Lipinski definition) is 1. The fraction of sp³-hybridized carbons (Fsp3) is 0.857. The summed E-state index contributed by atoms with van der Waals surface area (Å²) in [4.78, 5) is 0. The number of nitriles is 1. The van der Waals surface area contributed by atoms with Gasteiger partial charge in [0.05, 0.1) is 6.07 Å². The molecule has 0 aromatic carbocycles. The predicted octanol–water partition coefficient (Wildman–Crippen LogP) is 1.32. The van der Waals surface area contributed by atoms with E-state index in [0.29, 0.717) is 5.92 Å². The first-order valence-electron chi connectivity index (χ1n) is 3.51. The second-order valence-corrected chi connectivity index (χ2v) is 2.57. The average molecular weight is 161 g/mol. The molecule has 0 spiro atoms. The quantitative estimate of drug-likeness (QED) is 0.628. The van der Waals surface area contributed by atoms with Gasteiger partial charge in [-0.05, 0) is 31.8 Å². The van der Waals surface area contributed by atoms with E-state index >= 15 is 0 Å².